The second kappa shape index (κ2) is 2.09. The molecule has 0 aromatic heterocycles. The molecule has 1 aromatic carbocycles. The zero-order valence-corrected chi connectivity index (χ0v) is 5.92. The van der Waals surface area contributed by atoms with E-state index in [0.717, 1.165) is 11.3 Å². The van der Waals surface area contributed by atoms with E-state index in [-0.39, 0.29) is 5.91 Å². The van der Waals surface area contributed by atoms with Gasteiger partial charge in [-0.05, 0) is 24.1 Å². The van der Waals surface area contributed by atoms with Gasteiger partial charge in [-0.15, -0.1) is 0 Å². The molecule has 0 bridgehead atoms. The van der Waals surface area contributed by atoms with Gasteiger partial charge in [0.2, 0.25) is 5.91 Å². The second-order valence-electron chi connectivity index (χ2n) is 2.60. The van der Waals surface area contributed by atoms with E-state index in [1.165, 1.54) is 0 Å². The van der Waals surface area contributed by atoms with E-state index >= 15 is 0 Å². The molecular formula is C9H7NO. The molecule has 2 radical (unpaired) electrons. The van der Waals surface area contributed by atoms with Gasteiger partial charge in [-0.1, -0.05) is 12.1 Å². The van der Waals surface area contributed by atoms with Crippen molar-refractivity contribution in [3.05, 3.63) is 36.2 Å². The third-order valence-corrected chi connectivity index (χ3v) is 1.82. The van der Waals surface area contributed by atoms with E-state index in [0.29, 0.717) is 12.0 Å². The molecule has 54 valence electrons. The Morgan fingerprint density at radius 2 is 2.27 bits per heavy atom. The number of benzene rings is 1. The summed E-state index contributed by atoms with van der Waals surface area (Å²) < 4.78 is 0. The largest absolute Gasteiger partial charge is 0.326 e. The van der Waals surface area contributed by atoms with Crippen molar-refractivity contribution in [2.45, 2.75) is 6.42 Å². The maximum Gasteiger partial charge on any atom is 0.228 e. The lowest BCUT2D eigenvalue weighted by Gasteiger charge is -1.99. The highest BCUT2D eigenvalue weighted by Gasteiger charge is 2.18. The van der Waals surface area contributed by atoms with Crippen LogP contribution in [-0.2, 0) is 11.2 Å². The van der Waals surface area contributed by atoms with Crippen LogP contribution in [0.2, 0.25) is 0 Å². The van der Waals surface area contributed by atoms with Crippen molar-refractivity contribution in [3.63, 3.8) is 0 Å². The third kappa shape index (κ3) is 0.909. The van der Waals surface area contributed by atoms with Gasteiger partial charge in [0.15, 0.2) is 0 Å². The molecule has 0 spiro atoms. The minimum Gasteiger partial charge on any atom is -0.326 e. The summed E-state index contributed by atoms with van der Waals surface area (Å²) in [6.45, 7) is 5.64. The van der Waals surface area contributed by atoms with Gasteiger partial charge < -0.3 is 5.32 Å². The van der Waals surface area contributed by atoms with Gasteiger partial charge in [-0.25, -0.2) is 0 Å². The SMILES string of the molecule is [CH]c1cccc2c1CC(=O)N2. The van der Waals surface area contributed by atoms with E-state index in [1.807, 2.05) is 12.1 Å². The molecule has 0 saturated carbocycles. The van der Waals surface area contributed by atoms with Crippen molar-refractivity contribution in [3.8, 4) is 0 Å². The maximum absolute atomic E-state index is 10.9. The van der Waals surface area contributed by atoms with Crippen molar-refractivity contribution in [1.29, 1.82) is 0 Å². The van der Waals surface area contributed by atoms with Crippen molar-refractivity contribution < 1.29 is 4.79 Å². The second-order valence-corrected chi connectivity index (χ2v) is 2.60. The van der Waals surface area contributed by atoms with Crippen LogP contribution in [0.3, 0.4) is 0 Å². The molecule has 1 aliphatic heterocycles. The average Bonchev–Trinajstić information content (AvgIpc) is 2.31. The fourth-order valence-corrected chi connectivity index (χ4v) is 1.27. The number of carbonyl (C=O) groups is 1. The van der Waals surface area contributed by atoms with Gasteiger partial charge in [-0.2, -0.15) is 0 Å². The van der Waals surface area contributed by atoms with Crippen molar-refractivity contribution in [1.82, 2.24) is 0 Å². The van der Waals surface area contributed by atoms with Gasteiger partial charge in [0.25, 0.3) is 0 Å². The van der Waals surface area contributed by atoms with Gasteiger partial charge in [-0.3, -0.25) is 4.79 Å². The fraction of sp³-hybridized carbons (Fsp3) is 0.111. The molecule has 2 heteroatoms. The number of fused-ring (bicyclic) bond motifs is 1. The third-order valence-electron chi connectivity index (χ3n) is 1.82. The van der Waals surface area contributed by atoms with Crippen molar-refractivity contribution >= 4 is 11.6 Å². The highest BCUT2D eigenvalue weighted by Crippen LogP contribution is 2.24. The lowest BCUT2D eigenvalue weighted by Crippen LogP contribution is -2.03. The van der Waals surface area contributed by atoms with E-state index in [1.54, 1.807) is 6.07 Å². The lowest BCUT2D eigenvalue weighted by molar-refractivity contribution is -0.115. The van der Waals surface area contributed by atoms with Gasteiger partial charge in [0, 0.05) is 5.69 Å². The summed E-state index contributed by atoms with van der Waals surface area (Å²) in [4.78, 5) is 10.9. The first-order valence-corrected chi connectivity index (χ1v) is 3.44. The summed E-state index contributed by atoms with van der Waals surface area (Å²) in [7, 11) is 0. The highest BCUT2D eigenvalue weighted by molar-refractivity contribution is 5.99. The summed E-state index contributed by atoms with van der Waals surface area (Å²) in [6, 6.07) is 5.50. The Bertz CT molecular complexity index is 317. The molecule has 0 unspecified atom stereocenters. The summed E-state index contributed by atoms with van der Waals surface area (Å²) in [5, 5.41) is 2.72. The molecule has 1 aliphatic rings. The average molecular weight is 145 g/mol. The molecule has 0 atom stereocenters. The lowest BCUT2D eigenvalue weighted by atomic mass is 10.1. The predicted octanol–water partition coefficient (Wildman–Crippen LogP) is 1.24. The van der Waals surface area contributed by atoms with Crippen LogP contribution in [0.5, 0.6) is 0 Å². The normalized spacial score (nSPS) is 14.5. The van der Waals surface area contributed by atoms with Crippen LogP contribution in [0.15, 0.2) is 18.2 Å². The topological polar surface area (TPSA) is 29.1 Å². The van der Waals surface area contributed by atoms with Gasteiger partial charge in [0.05, 0.1) is 6.42 Å². The van der Waals surface area contributed by atoms with Crippen LogP contribution in [0.1, 0.15) is 11.1 Å². The molecule has 0 aliphatic carbocycles. The Morgan fingerprint density at radius 1 is 1.45 bits per heavy atom. The predicted molar refractivity (Wildman–Crippen MR) is 42.2 cm³/mol. The summed E-state index contributed by atoms with van der Waals surface area (Å²) in [5.41, 5.74) is 2.48. The first kappa shape index (κ1) is 6.40. The number of hydrogen-bond donors (Lipinski definition) is 1. The summed E-state index contributed by atoms with van der Waals surface area (Å²) in [5.74, 6) is 0.0258. The number of nitrogens with one attached hydrogen (secondary N) is 1. The minimum atomic E-state index is 0.0258. The highest BCUT2D eigenvalue weighted by atomic mass is 16.1. The van der Waals surface area contributed by atoms with Crippen LogP contribution in [0.25, 0.3) is 0 Å². The van der Waals surface area contributed by atoms with E-state index in [2.05, 4.69) is 5.32 Å². The number of rotatable bonds is 0. The Labute approximate surface area is 65.2 Å². The van der Waals surface area contributed by atoms with Gasteiger partial charge in [0.1, 0.15) is 0 Å². The molecule has 1 N–H and O–H groups in total. The zero-order valence-electron chi connectivity index (χ0n) is 5.92. The van der Waals surface area contributed by atoms with Gasteiger partial charge >= 0.3 is 0 Å². The molecule has 11 heavy (non-hydrogen) atoms. The molecule has 0 saturated heterocycles. The minimum absolute atomic E-state index is 0.0258. The first-order valence-electron chi connectivity index (χ1n) is 3.44. The smallest absolute Gasteiger partial charge is 0.228 e. The Hall–Kier alpha value is -1.31. The number of hydrogen-bond acceptors (Lipinski definition) is 1. The number of carbonyl (C=O) groups excluding carboxylic acids is 1. The van der Waals surface area contributed by atoms with Crippen molar-refractivity contribution in [2.24, 2.45) is 0 Å². The molecular weight excluding hydrogens is 138 g/mol. The van der Waals surface area contributed by atoms with Crippen LogP contribution in [0.4, 0.5) is 5.69 Å². The standard InChI is InChI=1S/C9H7NO/c1-6-3-2-4-8-7(6)5-9(11)10-8/h1-4H,5H2,(H,10,11). The molecule has 1 aromatic rings. The fourth-order valence-electron chi connectivity index (χ4n) is 1.27. The van der Waals surface area contributed by atoms with E-state index in [4.69, 9.17) is 6.92 Å². The molecule has 0 fully saturated rings. The summed E-state index contributed by atoms with van der Waals surface area (Å²) in [6.07, 6.45) is 0.419. The number of anilines is 1. The Balaban J connectivity index is 2.57. The van der Waals surface area contributed by atoms with E-state index in [9.17, 15) is 4.79 Å². The number of amides is 1. The van der Waals surface area contributed by atoms with Crippen LogP contribution < -0.4 is 5.32 Å². The zero-order chi connectivity index (χ0) is 7.84. The first-order chi connectivity index (χ1) is 5.27. The summed E-state index contributed by atoms with van der Waals surface area (Å²) >= 11 is 0. The Morgan fingerprint density at radius 3 is 3.00 bits per heavy atom. The van der Waals surface area contributed by atoms with Crippen LogP contribution in [-0.4, -0.2) is 5.91 Å². The molecule has 1 heterocycles. The quantitative estimate of drug-likeness (QED) is 0.584. The maximum atomic E-state index is 10.9. The Kier molecular flexibility index (Phi) is 1.22. The van der Waals surface area contributed by atoms with Crippen LogP contribution >= 0.6 is 0 Å². The van der Waals surface area contributed by atoms with E-state index < -0.39 is 0 Å². The monoisotopic (exact) mass is 145 g/mol. The molecule has 1 amide bonds. The molecule has 2 nitrogen and oxygen atoms in total. The van der Waals surface area contributed by atoms with Crippen LogP contribution in [0, 0.1) is 6.92 Å². The van der Waals surface area contributed by atoms with Crippen molar-refractivity contribution in [2.75, 3.05) is 5.32 Å². The molecule has 2 rings (SSSR count).